The second-order valence-corrected chi connectivity index (χ2v) is 4.58. The Labute approximate surface area is 119 Å². The van der Waals surface area contributed by atoms with Gasteiger partial charge in [0.05, 0.1) is 19.6 Å². The van der Waals surface area contributed by atoms with Crippen LogP contribution in [0.25, 0.3) is 0 Å². The van der Waals surface area contributed by atoms with Gasteiger partial charge >= 0.3 is 0 Å². The molecule has 0 aliphatic rings. The number of ether oxygens (including phenoxy) is 1. The summed E-state index contributed by atoms with van der Waals surface area (Å²) in [7, 11) is 1.66. The van der Waals surface area contributed by atoms with Crippen molar-refractivity contribution in [2.75, 3.05) is 13.7 Å². The Morgan fingerprint density at radius 2 is 1.95 bits per heavy atom. The Morgan fingerprint density at radius 3 is 2.55 bits per heavy atom. The first-order valence-electron chi connectivity index (χ1n) is 6.95. The van der Waals surface area contributed by atoms with E-state index >= 15 is 0 Å². The van der Waals surface area contributed by atoms with Gasteiger partial charge in [-0.3, -0.25) is 0 Å². The average molecular weight is 275 g/mol. The molecule has 0 saturated heterocycles. The fraction of sp³-hybridized carbons (Fsp3) is 0.467. The minimum atomic E-state index is 0.136. The van der Waals surface area contributed by atoms with Crippen molar-refractivity contribution in [3.05, 3.63) is 41.6 Å². The van der Waals surface area contributed by atoms with E-state index in [0.29, 0.717) is 18.2 Å². The molecular formula is C15H21N3O2. The summed E-state index contributed by atoms with van der Waals surface area (Å²) >= 11 is 0. The van der Waals surface area contributed by atoms with Crippen molar-refractivity contribution in [2.45, 2.75) is 32.7 Å². The molecule has 1 heterocycles. The standard InChI is InChI=1S/C15H21N3O2/c1-4-13(16-5-2)15-18-17-14(20-15)10-11-6-8-12(19-3)9-7-11/h6-9,13,16H,4-5,10H2,1-3H3. The van der Waals surface area contributed by atoms with E-state index in [2.05, 4.69) is 29.4 Å². The second kappa shape index (κ2) is 7.05. The quantitative estimate of drug-likeness (QED) is 0.842. The summed E-state index contributed by atoms with van der Waals surface area (Å²) < 4.78 is 10.9. The zero-order valence-electron chi connectivity index (χ0n) is 12.2. The number of hydrogen-bond donors (Lipinski definition) is 1. The molecule has 1 N–H and O–H groups in total. The summed E-state index contributed by atoms with van der Waals surface area (Å²) in [6.07, 6.45) is 1.57. The number of hydrogen-bond acceptors (Lipinski definition) is 5. The fourth-order valence-electron chi connectivity index (χ4n) is 2.05. The first kappa shape index (κ1) is 14.5. The third-order valence-electron chi connectivity index (χ3n) is 3.15. The topological polar surface area (TPSA) is 60.2 Å². The van der Waals surface area contributed by atoms with Crippen molar-refractivity contribution < 1.29 is 9.15 Å². The normalized spacial score (nSPS) is 12.3. The molecule has 0 aliphatic carbocycles. The average Bonchev–Trinajstić information content (AvgIpc) is 2.94. The lowest BCUT2D eigenvalue weighted by atomic mass is 10.1. The van der Waals surface area contributed by atoms with Crippen molar-refractivity contribution in [1.29, 1.82) is 0 Å². The summed E-state index contributed by atoms with van der Waals surface area (Å²) in [5, 5.41) is 11.6. The van der Waals surface area contributed by atoms with Gasteiger partial charge in [-0.2, -0.15) is 0 Å². The van der Waals surface area contributed by atoms with Gasteiger partial charge in [0.25, 0.3) is 0 Å². The van der Waals surface area contributed by atoms with E-state index in [1.54, 1.807) is 7.11 Å². The molecular weight excluding hydrogens is 254 g/mol. The lowest BCUT2D eigenvalue weighted by Gasteiger charge is -2.10. The van der Waals surface area contributed by atoms with E-state index in [1.807, 2.05) is 24.3 Å². The predicted molar refractivity (Wildman–Crippen MR) is 76.8 cm³/mol. The Balaban J connectivity index is 2.04. The number of rotatable bonds is 7. The van der Waals surface area contributed by atoms with Gasteiger partial charge in [0.15, 0.2) is 0 Å². The van der Waals surface area contributed by atoms with Gasteiger partial charge < -0.3 is 14.5 Å². The van der Waals surface area contributed by atoms with Crippen LogP contribution in [0.4, 0.5) is 0 Å². The highest BCUT2D eigenvalue weighted by atomic mass is 16.5. The molecule has 0 bridgehead atoms. The van der Waals surface area contributed by atoms with Crippen LogP contribution in [0.15, 0.2) is 28.7 Å². The zero-order valence-corrected chi connectivity index (χ0v) is 12.2. The summed E-state index contributed by atoms with van der Waals surface area (Å²) in [5.74, 6) is 2.15. The number of benzene rings is 1. The molecule has 0 fully saturated rings. The van der Waals surface area contributed by atoms with Crippen LogP contribution < -0.4 is 10.1 Å². The highest BCUT2D eigenvalue weighted by Gasteiger charge is 2.15. The van der Waals surface area contributed by atoms with Crippen LogP contribution in [0.3, 0.4) is 0 Å². The lowest BCUT2D eigenvalue weighted by Crippen LogP contribution is -2.20. The highest BCUT2D eigenvalue weighted by Crippen LogP contribution is 2.18. The molecule has 1 aromatic heterocycles. The molecule has 1 unspecified atom stereocenters. The van der Waals surface area contributed by atoms with Crippen molar-refractivity contribution in [3.8, 4) is 5.75 Å². The van der Waals surface area contributed by atoms with Crippen LogP contribution in [-0.2, 0) is 6.42 Å². The van der Waals surface area contributed by atoms with Gasteiger partial charge in [-0.05, 0) is 30.7 Å². The maximum Gasteiger partial charge on any atom is 0.233 e. The number of aromatic nitrogens is 2. The fourth-order valence-corrected chi connectivity index (χ4v) is 2.05. The Hall–Kier alpha value is -1.88. The van der Waals surface area contributed by atoms with Gasteiger partial charge in [0.2, 0.25) is 11.8 Å². The van der Waals surface area contributed by atoms with E-state index in [9.17, 15) is 0 Å². The number of nitrogens with one attached hydrogen (secondary N) is 1. The van der Waals surface area contributed by atoms with E-state index < -0.39 is 0 Å². The van der Waals surface area contributed by atoms with E-state index in [0.717, 1.165) is 24.3 Å². The van der Waals surface area contributed by atoms with Crippen LogP contribution in [-0.4, -0.2) is 23.9 Å². The Bertz CT molecular complexity index is 522. The largest absolute Gasteiger partial charge is 0.497 e. The van der Waals surface area contributed by atoms with E-state index in [-0.39, 0.29) is 6.04 Å². The van der Waals surface area contributed by atoms with Gasteiger partial charge in [-0.1, -0.05) is 26.0 Å². The van der Waals surface area contributed by atoms with Crippen LogP contribution >= 0.6 is 0 Å². The first-order valence-corrected chi connectivity index (χ1v) is 6.95. The van der Waals surface area contributed by atoms with Crippen LogP contribution in [0.1, 0.15) is 43.7 Å². The Morgan fingerprint density at radius 1 is 1.20 bits per heavy atom. The predicted octanol–water partition coefficient (Wildman–Crippen LogP) is 2.73. The summed E-state index contributed by atoms with van der Waals surface area (Å²) in [6.45, 7) is 5.05. The van der Waals surface area contributed by atoms with Crippen LogP contribution in [0.5, 0.6) is 5.75 Å². The molecule has 0 spiro atoms. The summed E-state index contributed by atoms with van der Waals surface area (Å²) in [5.41, 5.74) is 1.12. The molecule has 5 heteroatoms. The minimum Gasteiger partial charge on any atom is -0.497 e. The molecule has 108 valence electrons. The molecule has 0 amide bonds. The van der Waals surface area contributed by atoms with Crippen molar-refractivity contribution in [2.24, 2.45) is 0 Å². The number of methoxy groups -OCH3 is 1. The summed E-state index contributed by atoms with van der Waals surface area (Å²) in [6, 6.07) is 8.01. The van der Waals surface area contributed by atoms with Crippen LogP contribution in [0.2, 0.25) is 0 Å². The molecule has 0 aliphatic heterocycles. The first-order chi connectivity index (χ1) is 9.76. The number of nitrogens with zero attached hydrogens (tertiary/aromatic N) is 2. The molecule has 2 rings (SSSR count). The lowest BCUT2D eigenvalue weighted by molar-refractivity contribution is 0.380. The summed E-state index contributed by atoms with van der Waals surface area (Å²) in [4.78, 5) is 0. The van der Waals surface area contributed by atoms with E-state index in [1.165, 1.54) is 0 Å². The van der Waals surface area contributed by atoms with Gasteiger partial charge in [-0.25, -0.2) is 0 Å². The maximum atomic E-state index is 5.73. The SMILES string of the molecule is CCNC(CC)c1nnc(Cc2ccc(OC)cc2)o1. The molecule has 1 aromatic carbocycles. The molecule has 0 radical (unpaired) electrons. The minimum absolute atomic E-state index is 0.136. The maximum absolute atomic E-state index is 5.73. The van der Waals surface area contributed by atoms with Crippen LogP contribution in [0, 0.1) is 0 Å². The van der Waals surface area contributed by atoms with Gasteiger partial charge in [0, 0.05) is 0 Å². The smallest absolute Gasteiger partial charge is 0.233 e. The zero-order chi connectivity index (χ0) is 14.4. The third kappa shape index (κ3) is 3.57. The Kier molecular flexibility index (Phi) is 5.12. The molecule has 0 saturated carbocycles. The highest BCUT2D eigenvalue weighted by molar-refractivity contribution is 5.28. The van der Waals surface area contributed by atoms with Gasteiger partial charge in [0.1, 0.15) is 5.75 Å². The van der Waals surface area contributed by atoms with Gasteiger partial charge in [-0.15, -0.1) is 10.2 Å². The van der Waals surface area contributed by atoms with Crippen molar-refractivity contribution in [3.63, 3.8) is 0 Å². The molecule has 5 nitrogen and oxygen atoms in total. The van der Waals surface area contributed by atoms with E-state index in [4.69, 9.17) is 9.15 Å². The monoisotopic (exact) mass is 275 g/mol. The molecule has 1 atom stereocenters. The van der Waals surface area contributed by atoms with Crippen molar-refractivity contribution in [1.82, 2.24) is 15.5 Å². The van der Waals surface area contributed by atoms with Crippen molar-refractivity contribution >= 4 is 0 Å². The second-order valence-electron chi connectivity index (χ2n) is 4.58. The third-order valence-corrected chi connectivity index (χ3v) is 3.15. The molecule has 2 aromatic rings. The molecule has 20 heavy (non-hydrogen) atoms.